The van der Waals surface area contributed by atoms with Crippen LogP contribution in [-0.2, 0) is 9.59 Å². The summed E-state index contributed by atoms with van der Waals surface area (Å²) in [6.45, 7) is 1.61. The average Bonchev–Trinajstić information content (AvgIpc) is 2.67. The van der Waals surface area contributed by atoms with Crippen molar-refractivity contribution in [3.63, 3.8) is 0 Å². The maximum Gasteiger partial charge on any atom is 0.246 e. The van der Waals surface area contributed by atoms with Crippen LogP contribution in [0.3, 0.4) is 0 Å². The van der Waals surface area contributed by atoms with Crippen molar-refractivity contribution in [1.29, 1.82) is 0 Å². The van der Waals surface area contributed by atoms with Crippen molar-refractivity contribution in [2.45, 2.75) is 13.0 Å². The number of rotatable bonds is 7. The second kappa shape index (κ2) is 9.27. The lowest BCUT2D eigenvalue weighted by Crippen LogP contribution is -2.40. The normalized spacial score (nSPS) is 11.7. The molecule has 0 radical (unpaired) electrons. The summed E-state index contributed by atoms with van der Waals surface area (Å²) < 4.78 is 10.3. The van der Waals surface area contributed by atoms with Crippen LogP contribution in [0.2, 0.25) is 0 Å². The number of hydrogen-bond acceptors (Lipinski definition) is 4. The van der Waals surface area contributed by atoms with E-state index in [9.17, 15) is 9.59 Å². The summed E-state index contributed by atoms with van der Waals surface area (Å²) in [6, 6.07) is 13.7. The topological polar surface area (TPSA) is 76.7 Å². The van der Waals surface area contributed by atoms with E-state index in [1.807, 2.05) is 18.2 Å². The molecular weight excluding hydrogens is 332 g/mol. The van der Waals surface area contributed by atoms with Gasteiger partial charge in [0, 0.05) is 6.08 Å². The first-order valence-corrected chi connectivity index (χ1v) is 8.10. The summed E-state index contributed by atoms with van der Waals surface area (Å²) in [7, 11) is 3.12. The Hall–Kier alpha value is -3.28. The summed E-state index contributed by atoms with van der Waals surface area (Å²) in [5.74, 6) is 0.608. The first-order chi connectivity index (χ1) is 12.5. The molecule has 0 aliphatic heterocycles. The van der Waals surface area contributed by atoms with Crippen LogP contribution >= 0.6 is 0 Å². The molecule has 6 heteroatoms. The minimum Gasteiger partial charge on any atom is -0.497 e. The molecule has 1 unspecified atom stereocenters. The number of carbonyl (C=O) groups excluding carboxylic acids is 2. The summed E-state index contributed by atoms with van der Waals surface area (Å²) in [5, 5.41) is 5.36. The molecule has 0 aromatic heterocycles. The van der Waals surface area contributed by atoms with Gasteiger partial charge in [-0.25, -0.2) is 0 Å². The number of carbonyl (C=O) groups is 2. The largest absolute Gasteiger partial charge is 0.497 e. The Morgan fingerprint density at radius 3 is 2.35 bits per heavy atom. The molecular formula is C20H22N2O4. The highest BCUT2D eigenvalue weighted by molar-refractivity contribution is 6.00. The zero-order chi connectivity index (χ0) is 18.9. The molecule has 0 aliphatic carbocycles. The lowest BCUT2D eigenvalue weighted by atomic mass is 10.2. The van der Waals surface area contributed by atoms with Gasteiger partial charge in [0.1, 0.15) is 17.5 Å². The monoisotopic (exact) mass is 354 g/mol. The van der Waals surface area contributed by atoms with Gasteiger partial charge in [-0.1, -0.05) is 24.3 Å². The third kappa shape index (κ3) is 5.37. The first-order valence-electron chi connectivity index (χ1n) is 8.10. The summed E-state index contributed by atoms with van der Waals surface area (Å²) in [4.78, 5) is 24.2. The number of hydrogen-bond donors (Lipinski definition) is 2. The first kappa shape index (κ1) is 19.1. The predicted molar refractivity (Wildman–Crippen MR) is 101 cm³/mol. The maximum absolute atomic E-state index is 12.2. The molecule has 2 amide bonds. The van der Waals surface area contributed by atoms with Crippen LogP contribution in [0.4, 0.5) is 5.69 Å². The Kier molecular flexibility index (Phi) is 6.79. The smallest absolute Gasteiger partial charge is 0.246 e. The molecule has 0 aliphatic rings. The molecule has 2 aromatic rings. The Morgan fingerprint density at radius 1 is 1.00 bits per heavy atom. The minimum atomic E-state index is -0.701. The Labute approximate surface area is 152 Å². The lowest BCUT2D eigenvalue weighted by Gasteiger charge is -2.14. The van der Waals surface area contributed by atoms with Gasteiger partial charge in [-0.05, 0) is 42.8 Å². The number of nitrogens with one attached hydrogen (secondary N) is 2. The zero-order valence-electron chi connectivity index (χ0n) is 15.0. The van der Waals surface area contributed by atoms with Crippen LogP contribution in [0, 0.1) is 0 Å². The third-order valence-corrected chi connectivity index (χ3v) is 3.66. The van der Waals surface area contributed by atoms with E-state index in [1.165, 1.54) is 13.2 Å². The van der Waals surface area contributed by atoms with Gasteiger partial charge in [0.05, 0.1) is 19.9 Å². The van der Waals surface area contributed by atoms with Crippen LogP contribution in [0.15, 0.2) is 54.6 Å². The van der Waals surface area contributed by atoms with Crippen LogP contribution < -0.4 is 20.1 Å². The van der Waals surface area contributed by atoms with Gasteiger partial charge in [-0.3, -0.25) is 9.59 Å². The van der Waals surface area contributed by atoms with Gasteiger partial charge in [0.2, 0.25) is 11.8 Å². The van der Waals surface area contributed by atoms with Gasteiger partial charge in [-0.2, -0.15) is 0 Å². The molecule has 136 valence electrons. The quantitative estimate of drug-likeness (QED) is 0.750. The molecule has 0 saturated carbocycles. The highest BCUT2D eigenvalue weighted by Crippen LogP contribution is 2.23. The van der Waals surface area contributed by atoms with Crippen molar-refractivity contribution in [2.75, 3.05) is 19.5 Å². The number of methoxy groups -OCH3 is 2. The number of benzene rings is 2. The number of para-hydroxylation sites is 2. The summed E-state index contributed by atoms with van der Waals surface area (Å²) in [5.41, 5.74) is 1.40. The van der Waals surface area contributed by atoms with E-state index in [4.69, 9.17) is 9.47 Å². The van der Waals surface area contributed by atoms with Gasteiger partial charge in [-0.15, -0.1) is 0 Å². The fourth-order valence-corrected chi connectivity index (χ4v) is 2.20. The van der Waals surface area contributed by atoms with E-state index in [2.05, 4.69) is 10.6 Å². The van der Waals surface area contributed by atoms with Gasteiger partial charge in [0.15, 0.2) is 0 Å². The third-order valence-electron chi connectivity index (χ3n) is 3.66. The van der Waals surface area contributed by atoms with Crippen molar-refractivity contribution in [3.8, 4) is 11.5 Å². The van der Waals surface area contributed by atoms with E-state index in [0.717, 1.165) is 11.3 Å². The van der Waals surface area contributed by atoms with Crippen LogP contribution in [0.1, 0.15) is 12.5 Å². The molecule has 0 saturated heterocycles. The fraction of sp³-hybridized carbons (Fsp3) is 0.200. The Balaban J connectivity index is 1.90. The standard InChI is InChI=1S/C20H22N2O4/c1-14(20(24)22-17-6-4-5-7-18(17)26-3)21-19(23)13-10-15-8-11-16(25-2)12-9-15/h4-14H,1-3H3,(H,21,23)(H,22,24)/b13-10+. The maximum atomic E-state index is 12.2. The van der Waals surface area contributed by atoms with Crippen molar-refractivity contribution in [3.05, 3.63) is 60.2 Å². The Morgan fingerprint density at radius 2 is 1.69 bits per heavy atom. The van der Waals surface area contributed by atoms with Crippen LogP contribution in [0.5, 0.6) is 11.5 Å². The molecule has 0 spiro atoms. The van der Waals surface area contributed by atoms with Crippen molar-refractivity contribution >= 4 is 23.6 Å². The molecule has 26 heavy (non-hydrogen) atoms. The Bertz CT molecular complexity index is 785. The fourth-order valence-electron chi connectivity index (χ4n) is 2.20. The molecule has 2 N–H and O–H groups in total. The second-order valence-corrected chi connectivity index (χ2v) is 5.53. The van der Waals surface area contributed by atoms with Gasteiger partial charge in [0.25, 0.3) is 0 Å². The number of ether oxygens (including phenoxy) is 2. The molecule has 0 bridgehead atoms. The summed E-state index contributed by atoms with van der Waals surface area (Å²) >= 11 is 0. The number of anilines is 1. The predicted octanol–water partition coefficient (Wildman–Crippen LogP) is 2.86. The molecule has 0 heterocycles. The van der Waals surface area contributed by atoms with Gasteiger partial charge < -0.3 is 20.1 Å². The van der Waals surface area contributed by atoms with E-state index in [-0.39, 0.29) is 11.8 Å². The molecule has 6 nitrogen and oxygen atoms in total. The molecule has 1 atom stereocenters. The highest BCUT2D eigenvalue weighted by Gasteiger charge is 2.16. The number of amides is 2. The van der Waals surface area contributed by atoms with Crippen molar-refractivity contribution < 1.29 is 19.1 Å². The summed E-state index contributed by atoms with van der Waals surface area (Å²) in [6.07, 6.45) is 3.05. The van der Waals surface area contributed by atoms with E-state index in [0.29, 0.717) is 11.4 Å². The molecule has 2 aromatic carbocycles. The minimum absolute atomic E-state index is 0.333. The SMILES string of the molecule is COc1ccc(/C=C/C(=O)NC(C)C(=O)Nc2ccccc2OC)cc1. The lowest BCUT2D eigenvalue weighted by molar-refractivity contribution is -0.123. The highest BCUT2D eigenvalue weighted by atomic mass is 16.5. The van der Waals surface area contributed by atoms with Crippen LogP contribution in [-0.4, -0.2) is 32.1 Å². The average molecular weight is 354 g/mol. The molecule has 0 fully saturated rings. The van der Waals surface area contributed by atoms with Crippen LogP contribution in [0.25, 0.3) is 6.08 Å². The van der Waals surface area contributed by atoms with E-state index >= 15 is 0 Å². The van der Waals surface area contributed by atoms with Gasteiger partial charge >= 0.3 is 0 Å². The van der Waals surface area contributed by atoms with Crippen molar-refractivity contribution in [2.24, 2.45) is 0 Å². The second-order valence-electron chi connectivity index (χ2n) is 5.53. The molecule has 2 rings (SSSR count). The van der Waals surface area contributed by atoms with Crippen molar-refractivity contribution in [1.82, 2.24) is 5.32 Å². The zero-order valence-corrected chi connectivity index (χ0v) is 15.0. The van der Waals surface area contributed by atoms with E-state index in [1.54, 1.807) is 50.4 Å². The van der Waals surface area contributed by atoms with E-state index < -0.39 is 6.04 Å².